The molecule has 0 aliphatic carbocycles. The zero-order valence-electron chi connectivity index (χ0n) is 9.64. The third-order valence-corrected chi connectivity index (χ3v) is 2.65. The normalized spacial score (nSPS) is 12.9. The summed E-state index contributed by atoms with van der Waals surface area (Å²) >= 11 is 0. The van der Waals surface area contributed by atoms with Gasteiger partial charge in [0.15, 0.2) is 0 Å². The molecule has 2 aromatic rings. The summed E-state index contributed by atoms with van der Waals surface area (Å²) in [4.78, 5) is 11.4. The van der Waals surface area contributed by atoms with Crippen LogP contribution >= 0.6 is 0 Å². The molecule has 2 N–H and O–H groups in total. The fourth-order valence-electron chi connectivity index (χ4n) is 1.73. The predicted molar refractivity (Wildman–Crippen MR) is 61.9 cm³/mol. The molecule has 1 unspecified atom stereocenters. The minimum Gasteiger partial charge on any atom is -0.348 e. The molecule has 0 saturated heterocycles. The van der Waals surface area contributed by atoms with Crippen LogP contribution in [0.25, 0.3) is 0 Å². The molecule has 2 aromatic heterocycles. The lowest BCUT2D eigenvalue weighted by atomic mass is 10.2. The number of hydrogen-bond donors (Lipinski definition) is 2. The standard InChI is InChI=1S/C11H17N5/c1-9(11-14-5-6-16(11)2)13-4-3-10-7-12-8-15-10/h5-9,13H,3-4H2,1-2H3,(H,12,15). The number of imidazole rings is 2. The average molecular weight is 219 g/mol. The van der Waals surface area contributed by atoms with Crippen molar-refractivity contribution in [3.05, 3.63) is 36.4 Å². The van der Waals surface area contributed by atoms with Crippen LogP contribution in [0.2, 0.25) is 0 Å². The van der Waals surface area contributed by atoms with E-state index in [4.69, 9.17) is 0 Å². The summed E-state index contributed by atoms with van der Waals surface area (Å²) < 4.78 is 2.04. The van der Waals surface area contributed by atoms with Crippen LogP contribution in [0.3, 0.4) is 0 Å². The first-order chi connectivity index (χ1) is 7.77. The smallest absolute Gasteiger partial charge is 0.125 e. The Labute approximate surface area is 94.9 Å². The molecule has 2 heterocycles. The average Bonchev–Trinajstić information content (AvgIpc) is 2.88. The van der Waals surface area contributed by atoms with E-state index in [9.17, 15) is 0 Å². The second kappa shape index (κ2) is 4.94. The highest BCUT2D eigenvalue weighted by molar-refractivity contribution is 4.98. The van der Waals surface area contributed by atoms with Gasteiger partial charge < -0.3 is 14.9 Å². The van der Waals surface area contributed by atoms with Crippen LogP contribution in [-0.2, 0) is 13.5 Å². The summed E-state index contributed by atoms with van der Waals surface area (Å²) in [6.45, 7) is 3.03. The molecule has 0 aromatic carbocycles. The lowest BCUT2D eigenvalue weighted by Crippen LogP contribution is -2.23. The number of H-pyrrole nitrogens is 1. The Balaban J connectivity index is 1.80. The molecule has 0 fully saturated rings. The van der Waals surface area contributed by atoms with Crippen molar-refractivity contribution in [1.29, 1.82) is 0 Å². The van der Waals surface area contributed by atoms with E-state index in [0.29, 0.717) is 0 Å². The van der Waals surface area contributed by atoms with Crippen molar-refractivity contribution in [3.63, 3.8) is 0 Å². The van der Waals surface area contributed by atoms with Gasteiger partial charge >= 0.3 is 0 Å². The third-order valence-electron chi connectivity index (χ3n) is 2.65. The van der Waals surface area contributed by atoms with Crippen LogP contribution in [-0.4, -0.2) is 26.1 Å². The van der Waals surface area contributed by atoms with Crippen molar-refractivity contribution in [3.8, 4) is 0 Å². The second-order valence-corrected chi connectivity index (χ2v) is 3.90. The van der Waals surface area contributed by atoms with Crippen molar-refractivity contribution in [2.45, 2.75) is 19.4 Å². The topological polar surface area (TPSA) is 58.5 Å². The van der Waals surface area contributed by atoms with Crippen molar-refractivity contribution < 1.29 is 0 Å². The van der Waals surface area contributed by atoms with Gasteiger partial charge in [0.2, 0.25) is 0 Å². The minimum atomic E-state index is 0.267. The Morgan fingerprint density at radius 3 is 3.06 bits per heavy atom. The van der Waals surface area contributed by atoms with E-state index in [1.54, 1.807) is 6.33 Å². The summed E-state index contributed by atoms with van der Waals surface area (Å²) in [7, 11) is 2.01. The van der Waals surface area contributed by atoms with Gasteiger partial charge in [-0.2, -0.15) is 0 Å². The first-order valence-electron chi connectivity index (χ1n) is 5.45. The van der Waals surface area contributed by atoms with Crippen LogP contribution < -0.4 is 5.32 Å². The van der Waals surface area contributed by atoms with Crippen molar-refractivity contribution in [2.75, 3.05) is 6.54 Å². The summed E-state index contributed by atoms with van der Waals surface area (Å²) in [6.07, 6.45) is 8.30. The Hall–Kier alpha value is -1.62. The Morgan fingerprint density at radius 1 is 1.56 bits per heavy atom. The number of nitrogens with zero attached hydrogens (tertiary/aromatic N) is 3. The molecule has 5 nitrogen and oxygen atoms in total. The van der Waals surface area contributed by atoms with Gasteiger partial charge in [0.25, 0.3) is 0 Å². The highest BCUT2D eigenvalue weighted by Gasteiger charge is 2.08. The number of aromatic amines is 1. The molecule has 2 rings (SSSR count). The van der Waals surface area contributed by atoms with Crippen LogP contribution in [0.5, 0.6) is 0 Å². The fraction of sp³-hybridized carbons (Fsp3) is 0.455. The number of hydrogen-bond acceptors (Lipinski definition) is 3. The molecule has 5 heteroatoms. The molecule has 0 aliphatic heterocycles. The van der Waals surface area contributed by atoms with Gasteiger partial charge in [-0.3, -0.25) is 0 Å². The SMILES string of the molecule is CC(NCCc1cnc[nH]1)c1nccn1C. The number of aromatic nitrogens is 4. The first kappa shape index (κ1) is 10.9. The first-order valence-corrected chi connectivity index (χ1v) is 5.45. The zero-order chi connectivity index (χ0) is 11.4. The van der Waals surface area contributed by atoms with E-state index >= 15 is 0 Å². The molecule has 0 aliphatic rings. The van der Waals surface area contributed by atoms with E-state index in [-0.39, 0.29) is 6.04 Å². The molecule has 1 atom stereocenters. The Bertz CT molecular complexity index is 417. The van der Waals surface area contributed by atoms with Crippen molar-refractivity contribution in [1.82, 2.24) is 24.8 Å². The highest BCUT2D eigenvalue weighted by atomic mass is 15.1. The monoisotopic (exact) mass is 219 g/mol. The molecule has 0 radical (unpaired) electrons. The van der Waals surface area contributed by atoms with E-state index in [1.807, 2.05) is 30.2 Å². The van der Waals surface area contributed by atoms with Gasteiger partial charge in [-0.05, 0) is 6.92 Å². The number of rotatable bonds is 5. The van der Waals surface area contributed by atoms with Gasteiger partial charge in [-0.15, -0.1) is 0 Å². The number of aryl methyl sites for hydroxylation is 1. The second-order valence-electron chi connectivity index (χ2n) is 3.90. The van der Waals surface area contributed by atoms with Gasteiger partial charge in [-0.25, -0.2) is 9.97 Å². The zero-order valence-corrected chi connectivity index (χ0v) is 9.64. The maximum absolute atomic E-state index is 4.31. The lowest BCUT2D eigenvalue weighted by molar-refractivity contribution is 0.531. The molecule has 0 bridgehead atoms. The van der Waals surface area contributed by atoms with Crippen LogP contribution in [0.1, 0.15) is 24.5 Å². The summed E-state index contributed by atoms with van der Waals surface area (Å²) in [6, 6.07) is 0.267. The molecule has 16 heavy (non-hydrogen) atoms. The maximum atomic E-state index is 4.31. The van der Waals surface area contributed by atoms with Crippen LogP contribution in [0.15, 0.2) is 24.9 Å². The predicted octanol–water partition coefficient (Wildman–Crippen LogP) is 1.04. The van der Waals surface area contributed by atoms with Gasteiger partial charge in [0, 0.05) is 44.3 Å². The largest absolute Gasteiger partial charge is 0.348 e. The lowest BCUT2D eigenvalue weighted by Gasteiger charge is -2.13. The van der Waals surface area contributed by atoms with Crippen molar-refractivity contribution in [2.24, 2.45) is 7.05 Å². The molecule has 0 amide bonds. The Morgan fingerprint density at radius 2 is 2.44 bits per heavy atom. The summed E-state index contributed by atoms with van der Waals surface area (Å²) in [5.74, 6) is 1.06. The fourth-order valence-corrected chi connectivity index (χ4v) is 1.73. The minimum absolute atomic E-state index is 0.267. The van der Waals surface area contributed by atoms with Crippen LogP contribution in [0, 0.1) is 0 Å². The molecular weight excluding hydrogens is 202 g/mol. The Kier molecular flexibility index (Phi) is 3.36. The quantitative estimate of drug-likeness (QED) is 0.790. The van der Waals surface area contributed by atoms with E-state index in [0.717, 1.165) is 24.5 Å². The van der Waals surface area contributed by atoms with E-state index in [1.165, 1.54) is 0 Å². The summed E-state index contributed by atoms with van der Waals surface area (Å²) in [5.41, 5.74) is 1.15. The van der Waals surface area contributed by atoms with E-state index in [2.05, 4.69) is 27.2 Å². The van der Waals surface area contributed by atoms with E-state index < -0.39 is 0 Å². The highest BCUT2D eigenvalue weighted by Crippen LogP contribution is 2.07. The van der Waals surface area contributed by atoms with Gasteiger partial charge in [-0.1, -0.05) is 0 Å². The molecule has 86 valence electrons. The maximum Gasteiger partial charge on any atom is 0.125 e. The summed E-state index contributed by atoms with van der Waals surface area (Å²) in [5, 5.41) is 3.43. The van der Waals surface area contributed by atoms with Gasteiger partial charge in [0.05, 0.1) is 12.4 Å². The van der Waals surface area contributed by atoms with Crippen LogP contribution in [0.4, 0.5) is 0 Å². The number of nitrogens with one attached hydrogen (secondary N) is 2. The van der Waals surface area contributed by atoms with Gasteiger partial charge in [0.1, 0.15) is 5.82 Å². The van der Waals surface area contributed by atoms with Crippen molar-refractivity contribution >= 4 is 0 Å². The molecule has 0 saturated carbocycles. The molecular formula is C11H17N5. The molecule has 0 spiro atoms. The third kappa shape index (κ3) is 2.49.